The average molecular weight is 458 g/mol. The van der Waals surface area contributed by atoms with Crippen LogP contribution >= 0.6 is 0 Å². The molecule has 2 aromatic rings. The highest BCUT2D eigenvalue weighted by molar-refractivity contribution is 7.93. The molecule has 32 heavy (non-hydrogen) atoms. The van der Waals surface area contributed by atoms with Crippen molar-refractivity contribution in [2.75, 3.05) is 29.7 Å². The van der Waals surface area contributed by atoms with Crippen LogP contribution in [0.1, 0.15) is 30.4 Å². The molecule has 2 aliphatic rings. The van der Waals surface area contributed by atoms with Crippen molar-refractivity contribution in [3.8, 4) is 0 Å². The molecule has 0 aliphatic carbocycles. The van der Waals surface area contributed by atoms with Crippen LogP contribution in [-0.2, 0) is 21.4 Å². The van der Waals surface area contributed by atoms with Crippen molar-refractivity contribution < 1.29 is 17.6 Å². The van der Waals surface area contributed by atoms with E-state index in [1.165, 1.54) is 22.5 Å². The van der Waals surface area contributed by atoms with E-state index in [9.17, 15) is 17.6 Å². The van der Waals surface area contributed by atoms with Crippen molar-refractivity contribution in [2.24, 2.45) is 0 Å². The Morgan fingerprint density at radius 1 is 1.03 bits per heavy atom. The van der Waals surface area contributed by atoms with Gasteiger partial charge in [0.15, 0.2) is 0 Å². The maximum atomic E-state index is 13.0. The first-order chi connectivity index (χ1) is 15.4. The average Bonchev–Trinajstić information content (AvgIpc) is 3.14. The molecule has 170 valence electrons. The van der Waals surface area contributed by atoms with Crippen molar-refractivity contribution in [3.63, 3.8) is 0 Å². The Kier molecular flexibility index (Phi) is 6.91. The molecule has 0 bridgehead atoms. The Morgan fingerprint density at radius 3 is 2.34 bits per heavy atom. The first-order valence-corrected chi connectivity index (χ1v) is 12.6. The SMILES string of the molecule is O=C(/C=C/c1ccc(N2CCCS2(=O)=O)cc1)NC1CCN(Cc2ccc(F)cc2)CC1. The monoisotopic (exact) mass is 457 g/mol. The summed E-state index contributed by atoms with van der Waals surface area (Å²) in [4.78, 5) is 14.6. The number of amides is 1. The van der Waals surface area contributed by atoms with Crippen LogP contribution in [0.25, 0.3) is 6.08 Å². The zero-order valence-corrected chi connectivity index (χ0v) is 18.7. The van der Waals surface area contributed by atoms with E-state index in [1.807, 2.05) is 24.3 Å². The predicted molar refractivity (Wildman–Crippen MR) is 124 cm³/mol. The fourth-order valence-corrected chi connectivity index (χ4v) is 5.75. The zero-order chi connectivity index (χ0) is 22.6. The third kappa shape index (κ3) is 5.75. The maximum Gasteiger partial charge on any atom is 0.244 e. The highest BCUT2D eigenvalue weighted by atomic mass is 32.2. The quantitative estimate of drug-likeness (QED) is 0.677. The van der Waals surface area contributed by atoms with Gasteiger partial charge in [-0.15, -0.1) is 0 Å². The number of likely N-dealkylation sites (tertiary alicyclic amines) is 1. The van der Waals surface area contributed by atoms with E-state index >= 15 is 0 Å². The number of benzene rings is 2. The summed E-state index contributed by atoms with van der Waals surface area (Å²) in [5.74, 6) is -0.160. The smallest absolute Gasteiger partial charge is 0.244 e. The third-order valence-electron chi connectivity index (χ3n) is 5.96. The van der Waals surface area contributed by atoms with Gasteiger partial charge in [-0.05, 0) is 60.7 Å². The van der Waals surface area contributed by atoms with Gasteiger partial charge in [0.1, 0.15) is 5.82 Å². The number of nitrogens with one attached hydrogen (secondary N) is 1. The van der Waals surface area contributed by atoms with Crippen LogP contribution in [0.3, 0.4) is 0 Å². The predicted octanol–water partition coefficient (Wildman–Crippen LogP) is 3.16. The standard InChI is InChI=1S/C24H28FN3O3S/c25-21-7-2-20(3-8-21)18-27-15-12-22(13-16-27)26-24(29)11-6-19-4-9-23(10-5-19)28-14-1-17-32(28,30)31/h2-11,22H,1,12-18H2,(H,26,29)/b11-6+. The minimum atomic E-state index is -3.19. The van der Waals surface area contributed by atoms with Crippen molar-refractivity contribution in [3.05, 3.63) is 71.6 Å². The zero-order valence-electron chi connectivity index (χ0n) is 17.9. The number of sulfonamides is 1. The molecule has 6 nitrogen and oxygen atoms in total. The molecular formula is C24H28FN3O3S. The lowest BCUT2D eigenvalue weighted by Gasteiger charge is -2.32. The number of anilines is 1. The van der Waals surface area contributed by atoms with Crippen molar-refractivity contribution in [1.82, 2.24) is 10.2 Å². The number of carbonyl (C=O) groups is 1. The number of hydrogen-bond donors (Lipinski definition) is 1. The van der Waals surface area contributed by atoms with Gasteiger partial charge in [-0.1, -0.05) is 24.3 Å². The van der Waals surface area contributed by atoms with E-state index in [-0.39, 0.29) is 23.5 Å². The second-order valence-corrected chi connectivity index (χ2v) is 10.4. The van der Waals surface area contributed by atoms with E-state index in [4.69, 9.17) is 0 Å². The maximum absolute atomic E-state index is 13.0. The molecule has 2 fully saturated rings. The topological polar surface area (TPSA) is 69.7 Å². The van der Waals surface area contributed by atoms with E-state index in [1.54, 1.807) is 18.2 Å². The molecule has 1 amide bonds. The summed E-state index contributed by atoms with van der Waals surface area (Å²) in [6.45, 7) is 3.07. The van der Waals surface area contributed by atoms with Crippen molar-refractivity contribution in [1.29, 1.82) is 0 Å². The molecule has 0 saturated carbocycles. The summed E-state index contributed by atoms with van der Waals surface area (Å²) in [6, 6.07) is 13.9. The minimum absolute atomic E-state index is 0.131. The molecule has 4 rings (SSSR count). The van der Waals surface area contributed by atoms with Gasteiger partial charge in [0, 0.05) is 38.3 Å². The van der Waals surface area contributed by atoms with Gasteiger partial charge in [-0.2, -0.15) is 0 Å². The molecule has 1 N–H and O–H groups in total. The molecule has 0 unspecified atom stereocenters. The fourth-order valence-electron chi connectivity index (χ4n) is 4.19. The molecule has 0 aromatic heterocycles. The van der Waals surface area contributed by atoms with E-state index < -0.39 is 10.0 Å². The Hall–Kier alpha value is -2.71. The van der Waals surface area contributed by atoms with Gasteiger partial charge in [0.05, 0.1) is 11.4 Å². The van der Waals surface area contributed by atoms with Crippen LogP contribution < -0.4 is 9.62 Å². The molecule has 2 heterocycles. The number of piperidine rings is 1. The lowest BCUT2D eigenvalue weighted by atomic mass is 10.0. The first kappa shape index (κ1) is 22.5. The normalized spacial score (nSPS) is 19.5. The van der Waals surface area contributed by atoms with Gasteiger partial charge < -0.3 is 5.32 Å². The van der Waals surface area contributed by atoms with Crippen LogP contribution in [0.5, 0.6) is 0 Å². The highest BCUT2D eigenvalue weighted by Crippen LogP contribution is 2.24. The Bertz CT molecular complexity index is 1060. The van der Waals surface area contributed by atoms with Gasteiger partial charge in [0.25, 0.3) is 0 Å². The lowest BCUT2D eigenvalue weighted by molar-refractivity contribution is -0.117. The summed E-state index contributed by atoms with van der Waals surface area (Å²) in [5, 5.41) is 3.06. The van der Waals surface area contributed by atoms with Crippen LogP contribution in [0.4, 0.5) is 10.1 Å². The number of hydrogen-bond acceptors (Lipinski definition) is 4. The highest BCUT2D eigenvalue weighted by Gasteiger charge is 2.28. The molecular weight excluding hydrogens is 429 g/mol. The number of nitrogens with zero attached hydrogens (tertiary/aromatic N) is 2. The van der Waals surface area contributed by atoms with Crippen molar-refractivity contribution >= 4 is 27.7 Å². The summed E-state index contributed by atoms with van der Waals surface area (Å²) in [7, 11) is -3.19. The molecule has 8 heteroatoms. The van der Waals surface area contributed by atoms with E-state index in [0.29, 0.717) is 18.7 Å². The second-order valence-electron chi connectivity index (χ2n) is 8.35. The van der Waals surface area contributed by atoms with Crippen LogP contribution in [0.2, 0.25) is 0 Å². The molecule has 0 spiro atoms. The van der Waals surface area contributed by atoms with E-state index in [2.05, 4.69) is 10.2 Å². The lowest BCUT2D eigenvalue weighted by Crippen LogP contribution is -2.43. The molecule has 2 aliphatic heterocycles. The van der Waals surface area contributed by atoms with Gasteiger partial charge in [-0.25, -0.2) is 12.8 Å². The second kappa shape index (κ2) is 9.83. The molecule has 0 atom stereocenters. The summed E-state index contributed by atoms with van der Waals surface area (Å²) < 4.78 is 38.5. The molecule has 0 radical (unpaired) electrons. The van der Waals surface area contributed by atoms with Gasteiger partial charge in [-0.3, -0.25) is 14.0 Å². The van der Waals surface area contributed by atoms with E-state index in [0.717, 1.165) is 43.6 Å². The molecule has 2 saturated heterocycles. The third-order valence-corrected chi connectivity index (χ3v) is 7.83. The van der Waals surface area contributed by atoms with Crippen LogP contribution in [-0.4, -0.2) is 50.7 Å². The van der Waals surface area contributed by atoms with Crippen LogP contribution in [0.15, 0.2) is 54.6 Å². The summed E-state index contributed by atoms with van der Waals surface area (Å²) in [6.07, 6.45) is 5.66. The largest absolute Gasteiger partial charge is 0.350 e. The number of rotatable bonds is 6. The summed E-state index contributed by atoms with van der Waals surface area (Å²) in [5.41, 5.74) is 2.59. The van der Waals surface area contributed by atoms with Crippen LogP contribution in [0, 0.1) is 5.82 Å². The number of carbonyl (C=O) groups excluding carboxylic acids is 1. The van der Waals surface area contributed by atoms with Crippen molar-refractivity contribution in [2.45, 2.75) is 31.8 Å². The minimum Gasteiger partial charge on any atom is -0.350 e. The van der Waals surface area contributed by atoms with Gasteiger partial charge in [0.2, 0.25) is 15.9 Å². The Morgan fingerprint density at radius 2 is 1.72 bits per heavy atom. The molecule has 2 aromatic carbocycles. The Labute approximate surface area is 188 Å². The summed E-state index contributed by atoms with van der Waals surface area (Å²) >= 11 is 0. The number of halogens is 1. The van der Waals surface area contributed by atoms with Gasteiger partial charge >= 0.3 is 0 Å². The first-order valence-electron chi connectivity index (χ1n) is 10.9. The fraction of sp³-hybridized carbons (Fsp3) is 0.375. The Balaban J connectivity index is 1.23.